The van der Waals surface area contributed by atoms with Gasteiger partial charge in [0.05, 0.1) is 11.0 Å². The SMILES string of the molecule is Cn1c(=O)n(C2CCc3ccccc3C2)c2ccccc21. The average molecular weight is 278 g/mol. The van der Waals surface area contributed by atoms with Gasteiger partial charge >= 0.3 is 5.69 Å². The Kier molecular flexibility index (Phi) is 2.74. The lowest BCUT2D eigenvalue weighted by Crippen LogP contribution is -2.29. The topological polar surface area (TPSA) is 26.9 Å². The Balaban J connectivity index is 1.86. The number of nitrogens with zero attached hydrogens (tertiary/aromatic N) is 2. The van der Waals surface area contributed by atoms with Gasteiger partial charge in [0, 0.05) is 13.1 Å². The van der Waals surface area contributed by atoms with Crippen LogP contribution in [0.3, 0.4) is 0 Å². The number of hydrogen-bond donors (Lipinski definition) is 0. The normalized spacial score (nSPS) is 17.9. The summed E-state index contributed by atoms with van der Waals surface area (Å²) < 4.78 is 3.75. The van der Waals surface area contributed by atoms with Gasteiger partial charge in [-0.3, -0.25) is 9.13 Å². The summed E-state index contributed by atoms with van der Waals surface area (Å²) in [6.45, 7) is 0. The molecule has 0 amide bonds. The first-order valence-corrected chi connectivity index (χ1v) is 7.48. The van der Waals surface area contributed by atoms with Crippen molar-refractivity contribution in [3.8, 4) is 0 Å². The number of hydrogen-bond acceptors (Lipinski definition) is 1. The fourth-order valence-electron chi connectivity index (χ4n) is 3.57. The van der Waals surface area contributed by atoms with E-state index in [1.165, 1.54) is 11.1 Å². The van der Waals surface area contributed by atoms with Crippen LogP contribution in [0.4, 0.5) is 0 Å². The highest BCUT2D eigenvalue weighted by Gasteiger charge is 2.23. The fraction of sp³-hybridized carbons (Fsp3) is 0.278. The number of aromatic nitrogens is 2. The number of rotatable bonds is 1. The number of fused-ring (bicyclic) bond motifs is 2. The van der Waals surface area contributed by atoms with Crippen molar-refractivity contribution in [2.45, 2.75) is 25.3 Å². The summed E-state index contributed by atoms with van der Waals surface area (Å²) >= 11 is 0. The first-order chi connectivity index (χ1) is 10.3. The molecule has 1 heterocycles. The van der Waals surface area contributed by atoms with Crippen molar-refractivity contribution in [1.29, 1.82) is 0 Å². The van der Waals surface area contributed by atoms with Crippen molar-refractivity contribution in [3.05, 3.63) is 70.1 Å². The largest absolute Gasteiger partial charge is 0.329 e. The van der Waals surface area contributed by atoms with Crippen molar-refractivity contribution < 1.29 is 0 Å². The Hall–Kier alpha value is -2.29. The van der Waals surface area contributed by atoms with Gasteiger partial charge < -0.3 is 0 Å². The molecular formula is C18H18N2O. The second kappa shape index (κ2) is 4.62. The molecule has 0 radical (unpaired) electrons. The van der Waals surface area contributed by atoms with Gasteiger partial charge in [0.15, 0.2) is 0 Å². The van der Waals surface area contributed by atoms with Gasteiger partial charge in [-0.05, 0) is 42.5 Å². The molecule has 0 fully saturated rings. The maximum absolute atomic E-state index is 12.6. The standard InChI is InChI=1S/C18H18N2O/c1-19-16-8-4-5-9-17(16)20(18(19)21)15-11-10-13-6-2-3-7-14(13)12-15/h2-9,15H,10-12H2,1H3. The van der Waals surface area contributed by atoms with Gasteiger partial charge in [0.1, 0.15) is 0 Å². The molecule has 0 N–H and O–H groups in total. The summed E-state index contributed by atoms with van der Waals surface area (Å²) in [5.41, 5.74) is 4.98. The monoisotopic (exact) mass is 278 g/mol. The van der Waals surface area contributed by atoms with Crippen LogP contribution in [0, 0.1) is 0 Å². The number of benzene rings is 2. The van der Waals surface area contributed by atoms with Gasteiger partial charge in [-0.1, -0.05) is 36.4 Å². The van der Waals surface area contributed by atoms with Crippen LogP contribution >= 0.6 is 0 Å². The van der Waals surface area contributed by atoms with Gasteiger partial charge in [-0.15, -0.1) is 0 Å². The fourth-order valence-corrected chi connectivity index (χ4v) is 3.57. The van der Waals surface area contributed by atoms with Crippen LogP contribution in [0.25, 0.3) is 11.0 Å². The lowest BCUT2D eigenvalue weighted by Gasteiger charge is -2.25. The van der Waals surface area contributed by atoms with E-state index >= 15 is 0 Å². The Bertz CT molecular complexity index is 872. The molecule has 3 aromatic rings. The predicted molar refractivity (Wildman–Crippen MR) is 84.7 cm³/mol. The summed E-state index contributed by atoms with van der Waals surface area (Å²) in [6, 6.07) is 16.9. The molecule has 0 aliphatic heterocycles. The molecule has 0 saturated carbocycles. The van der Waals surface area contributed by atoms with Crippen LogP contribution in [0.15, 0.2) is 53.3 Å². The molecule has 106 valence electrons. The molecule has 3 nitrogen and oxygen atoms in total. The van der Waals surface area contributed by atoms with Crippen LogP contribution < -0.4 is 5.69 Å². The first kappa shape index (κ1) is 12.5. The highest BCUT2D eigenvalue weighted by Crippen LogP contribution is 2.30. The number of para-hydroxylation sites is 2. The first-order valence-electron chi connectivity index (χ1n) is 7.48. The van der Waals surface area contributed by atoms with Crippen LogP contribution in [0.2, 0.25) is 0 Å². The smallest absolute Gasteiger partial charge is 0.295 e. The minimum absolute atomic E-state index is 0.0978. The predicted octanol–water partition coefficient (Wildman–Crippen LogP) is 3.07. The van der Waals surface area contributed by atoms with E-state index in [0.29, 0.717) is 0 Å². The second-order valence-electron chi connectivity index (χ2n) is 5.87. The molecule has 1 aliphatic rings. The highest BCUT2D eigenvalue weighted by molar-refractivity contribution is 5.76. The van der Waals surface area contributed by atoms with Crippen molar-refractivity contribution in [1.82, 2.24) is 9.13 Å². The molecule has 1 unspecified atom stereocenters. The lowest BCUT2D eigenvalue weighted by molar-refractivity contribution is 0.437. The van der Waals surface area contributed by atoms with Crippen molar-refractivity contribution in [3.63, 3.8) is 0 Å². The van der Waals surface area contributed by atoms with E-state index < -0.39 is 0 Å². The Morgan fingerprint density at radius 1 is 0.952 bits per heavy atom. The zero-order valence-electron chi connectivity index (χ0n) is 12.1. The van der Waals surface area contributed by atoms with Gasteiger partial charge in [0.25, 0.3) is 0 Å². The molecule has 3 heteroatoms. The van der Waals surface area contributed by atoms with Gasteiger partial charge in [-0.25, -0.2) is 4.79 Å². The highest BCUT2D eigenvalue weighted by atomic mass is 16.1. The Labute approximate surface area is 123 Å². The van der Waals surface area contributed by atoms with Gasteiger partial charge in [-0.2, -0.15) is 0 Å². The molecule has 21 heavy (non-hydrogen) atoms. The molecule has 0 bridgehead atoms. The van der Waals surface area contributed by atoms with E-state index in [-0.39, 0.29) is 11.7 Å². The maximum Gasteiger partial charge on any atom is 0.329 e. The lowest BCUT2D eigenvalue weighted by atomic mass is 9.88. The quantitative estimate of drug-likeness (QED) is 0.672. The molecular weight excluding hydrogens is 260 g/mol. The summed E-state index contributed by atoms with van der Waals surface area (Å²) in [7, 11) is 1.86. The molecule has 1 atom stereocenters. The zero-order valence-corrected chi connectivity index (χ0v) is 12.1. The van der Waals surface area contributed by atoms with E-state index in [9.17, 15) is 4.79 Å². The van der Waals surface area contributed by atoms with E-state index in [1.54, 1.807) is 4.57 Å². The minimum Gasteiger partial charge on any atom is -0.295 e. The van der Waals surface area contributed by atoms with Crippen LogP contribution in [0.5, 0.6) is 0 Å². The summed E-state index contributed by atoms with van der Waals surface area (Å²) in [5, 5.41) is 0. The number of aryl methyl sites for hydroxylation is 2. The molecule has 4 rings (SSSR count). The van der Waals surface area contributed by atoms with Crippen molar-refractivity contribution in [2.24, 2.45) is 7.05 Å². The second-order valence-corrected chi connectivity index (χ2v) is 5.87. The Morgan fingerprint density at radius 2 is 1.62 bits per heavy atom. The average Bonchev–Trinajstić information content (AvgIpc) is 2.79. The third-order valence-corrected chi connectivity index (χ3v) is 4.68. The third-order valence-electron chi connectivity index (χ3n) is 4.68. The van der Waals surface area contributed by atoms with E-state index in [2.05, 4.69) is 30.3 Å². The van der Waals surface area contributed by atoms with Crippen LogP contribution in [0.1, 0.15) is 23.6 Å². The molecule has 1 aromatic heterocycles. The van der Waals surface area contributed by atoms with Crippen molar-refractivity contribution >= 4 is 11.0 Å². The summed E-state index contributed by atoms with van der Waals surface area (Å²) in [6.07, 6.45) is 3.03. The molecule has 0 saturated heterocycles. The maximum atomic E-state index is 12.6. The van der Waals surface area contributed by atoms with E-state index in [4.69, 9.17) is 0 Å². The molecule has 1 aliphatic carbocycles. The number of imidazole rings is 1. The summed E-state index contributed by atoms with van der Waals surface area (Å²) in [5.74, 6) is 0. The summed E-state index contributed by atoms with van der Waals surface area (Å²) in [4.78, 5) is 12.6. The van der Waals surface area contributed by atoms with E-state index in [1.807, 2.05) is 29.8 Å². The third kappa shape index (κ3) is 1.84. The van der Waals surface area contributed by atoms with Crippen LogP contribution in [-0.4, -0.2) is 9.13 Å². The van der Waals surface area contributed by atoms with E-state index in [0.717, 1.165) is 30.3 Å². The van der Waals surface area contributed by atoms with Gasteiger partial charge in [0.2, 0.25) is 0 Å². The van der Waals surface area contributed by atoms with Crippen LogP contribution in [-0.2, 0) is 19.9 Å². The molecule has 2 aromatic carbocycles. The minimum atomic E-state index is 0.0978. The zero-order chi connectivity index (χ0) is 14.4. The van der Waals surface area contributed by atoms with Crippen molar-refractivity contribution in [2.75, 3.05) is 0 Å². The molecule has 0 spiro atoms. The Morgan fingerprint density at radius 3 is 2.43 bits per heavy atom.